The van der Waals surface area contributed by atoms with E-state index in [4.69, 9.17) is 0 Å². The van der Waals surface area contributed by atoms with E-state index in [2.05, 4.69) is 9.47 Å². The van der Waals surface area contributed by atoms with Crippen LogP contribution in [0.15, 0.2) is 18.2 Å². The van der Waals surface area contributed by atoms with Crippen molar-refractivity contribution < 1.29 is 45.7 Å². The molecular weight excluding hydrogens is 334 g/mol. The summed E-state index contributed by atoms with van der Waals surface area (Å²) in [4.78, 5) is 11.8. The molecular formula is C13H12F6O4. The third kappa shape index (κ3) is 6.76. The molecule has 1 aromatic rings. The van der Waals surface area contributed by atoms with Crippen LogP contribution in [0.4, 0.5) is 26.3 Å². The Morgan fingerprint density at radius 3 is 2.09 bits per heavy atom. The molecule has 1 N–H and O–H groups in total. The van der Waals surface area contributed by atoms with Crippen molar-refractivity contribution in [3.8, 4) is 11.5 Å². The van der Waals surface area contributed by atoms with Gasteiger partial charge in [0.05, 0.1) is 5.56 Å². The van der Waals surface area contributed by atoms with Crippen LogP contribution in [0.1, 0.15) is 17.3 Å². The van der Waals surface area contributed by atoms with Crippen molar-refractivity contribution in [2.24, 2.45) is 0 Å². The highest BCUT2D eigenvalue weighted by molar-refractivity contribution is 6.01. The van der Waals surface area contributed by atoms with Gasteiger partial charge in [0.1, 0.15) is 17.6 Å². The van der Waals surface area contributed by atoms with E-state index in [1.54, 1.807) is 0 Å². The number of Topliss-reactive ketones (excluding diaryl/α,β-unsaturated/α-hetero) is 1. The van der Waals surface area contributed by atoms with Crippen molar-refractivity contribution in [1.29, 1.82) is 0 Å². The van der Waals surface area contributed by atoms with Crippen LogP contribution in [-0.2, 0) is 0 Å². The Morgan fingerprint density at radius 2 is 1.61 bits per heavy atom. The number of ketones is 1. The molecule has 0 saturated carbocycles. The maximum absolute atomic E-state index is 12.2. The van der Waals surface area contributed by atoms with Gasteiger partial charge in [-0.3, -0.25) is 4.79 Å². The second-order valence-electron chi connectivity index (χ2n) is 4.51. The lowest BCUT2D eigenvalue weighted by Gasteiger charge is -2.15. The Hall–Kier alpha value is -1.97. The molecule has 1 atom stereocenters. The van der Waals surface area contributed by atoms with E-state index >= 15 is 0 Å². The van der Waals surface area contributed by atoms with Gasteiger partial charge in [0.15, 0.2) is 19.0 Å². The number of hydrogen-bond donors (Lipinski definition) is 1. The molecule has 0 radical (unpaired) electrons. The molecule has 0 saturated heterocycles. The normalized spacial score (nSPS) is 13.6. The highest BCUT2D eigenvalue weighted by Gasteiger charge is 2.31. The van der Waals surface area contributed by atoms with E-state index in [-0.39, 0.29) is 0 Å². The zero-order valence-electron chi connectivity index (χ0n) is 11.7. The van der Waals surface area contributed by atoms with Gasteiger partial charge in [-0.2, -0.15) is 26.3 Å². The lowest BCUT2D eigenvalue weighted by Crippen LogP contribution is -2.23. The third-order valence-electron chi connectivity index (χ3n) is 2.39. The van der Waals surface area contributed by atoms with Crippen molar-refractivity contribution in [1.82, 2.24) is 0 Å². The molecule has 23 heavy (non-hydrogen) atoms. The predicted octanol–water partition coefficient (Wildman–Crippen LogP) is 3.13. The van der Waals surface area contributed by atoms with Gasteiger partial charge in [0.25, 0.3) is 0 Å². The maximum Gasteiger partial charge on any atom is 0.422 e. The monoisotopic (exact) mass is 346 g/mol. The summed E-state index contributed by atoms with van der Waals surface area (Å²) in [5.41, 5.74) is -0.510. The van der Waals surface area contributed by atoms with E-state index < -0.39 is 54.5 Å². The lowest BCUT2D eigenvalue weighted by atomic mass is 10.1. The third-order valence-corrected chi connectivity index (χ3v) is 2.39. The number of halogens is 6. The first kappa shape index (κ1) is 19.1. The van der Waals surface area contributed by atoms with Gasteiger partial charge in [0, 0.05) is 0 Å². The van der Waals surface area contributed by atoms with Crippen molar-refractivity contribution in [3.05, 3.63) is 23.8 Å². The standard InChI is InChI=1S/C13H12F6O4/c1-7(20)11(21)9-4-8(22-5-12(14,15)16)2-3-10(9)23-6-13(17,18)19/h2-4,7,20H,5-6H2,1H3/t7-/m0/s1. The minimum Gasteiger partial charge on any atom is -0.484 e. The highest BCUT2D eigenvalue weighted by atomic mass is 19.4. The largest absolute Gasteiger partial charge is 0.484 e. The topological polar surface area (TPSA) is 55.8 Å². The summed E-state index contributed by atoms with van der Waals surface area (Å²) in [6.45, 7) is -2.28. The van der Waals surface area contributed by atoms with E-state index in [1.165, 1.54) is 0 Å². The zero-order chi connectivity index (χ0) is 17.8. The minimum atomic E-state index is -4.67. The maximum atomic E-state index is 12.2. The molecule has 0 spiro atoms. The fraction of sp³-hybridized carbons (Fsp3) is 0.462. The molecule has 10 heteroatoms. The SMILES string of the molecule is C[C@H](O)C(=O)c1cc(OCC(F)(F)F)ccc1OCC(F)(F)F. The van der Waals surface area contributed by atoms with Gasteiger partial charge < -0.3 is 14.6 Å². The van der Waals surface area contributed by atoms with Crippen LogP contribution in [0.25, 0.3) is 0 Å². The number of ether oxygens (including phenoxy) is 2. The first-order valence-electron chi connectivity index (χ1n) is 6.14. The zero-order valence-corrected chi connectivity index (χ0v) is 11.7. The fourth-order valence-electron chi connectivity index (χ4n) is 1.47. The number of aliphatic hydroxyl groups is 1. The second-order valence-corrected chi connectivity index (χ2v) is 4.51. The molecule has 0 bridgehead atoms. The molecule has 0 aromatic heterocycles. The Labute approximate surface area is 126 Å². The van der Waals surface area contributed by atoms with Crippen molar-refractivity contribution >= 4 is 5.78 Å². The Balaban J connectivity index is 3.03. The average Bonchev–Trinajstić information content (AvgIpc) is 2.40. The molecule has 0 aliphatic carbocycles. The van der Waals surface area contributed by atoms with Crippen molar-refractivity contribution in [2.75, 3.05) is 13.2 Å². The number of hydrogen-bond acceptors (Lipinski definition) is 4. The number of aliphatic hydroxyl groups excluding tert-OH is 1. The summed E-state index contributed by atoms with van der Waals surface area (Å²) in [5, 5.41) is 9.23. The van der Waals surface area contributed by atoms with Crippen molar-refractivity contribution in [3.63, 3.8) is 0 Å². The Bertz CT molecular complexity index is 550. The number of carbonyl (C=O) groups is 1. The second kappa shape index (κ2) is 7.07. The van der Waals surface area contributed by atoms with Gasteiger partial charge in [-0.25, -0.2) is 0 Å². The van der Waals surface area contributed by atoms with Crippen LogP contribution in [0.2, 0.25) is 0 Å². The van der Waals surface area contributed by atoms with Crippen LogP contribution < -0.4 is 9.47 Å². The first-order chi connectivity index (χ1) is 10.4. The van der Waals surface area contributed by atoms with Gasteiger partial charge in [0.2, 0.25) is 0 Å². The van der Waals surface area contributed by atoms with Crippen LogP contribution in [0, 0.1) is 0 Å². The van der Waals surface area contributed by atoms with Gasteiger partial charge in [-0.1, -0.05) is 0 Å². The van der Waals surface area contributed by atoms with E-state index in [0.717, 1.165) is 25.1 Å². The number of rotatable bonds is 6. The molecule has 1 aromatic carbocycles. The van der Waals surface area contributed by atoms with Crippen LogP contribution in [0.3, 0.4) is 0 Å². The number of alkyl halides is 6. The highest BCUT2D eigenvalue weighted by Crippen LogP contribution is 2.28. The number of carbonyl (C=O) groups excluding carboxylic acids is 1. The lowest BCUT2D eigenvalue weighted by molar-refractivity contribution is -0.154. The van der Waals surface area contributed by atoms with E-state index in [0.29, 0.717) is 0 Å². The smallest absolute Gasteiger partial charge is 0.422 e. The molecule has 4 nitrogen and oxygen atoms in total. The summed E-state index contributed by atoms with van der Waals surface area (Å²) in [7, 11) is 0. The Morgan fingerprint density at radius 1 is 1.09 bits per heavy atom. The summed E-state index contributed by atoms with van der Waals surface area (Å²) >= 11 is 0. The predicted molar refractivity (Wildman–Crippen MR) is 65.6 cm³/mol. The van der Waals surface area contributed by atoms with Crippen LogP contribution in [0.5, 0.6) is 11.5 Å². The molecule has 130 valence electrons. The fourth-order valence-corrected chi connectivity index (χ4v) is 1.47. The average molecular weight is 346 g/mol. The minimum absolute atomic E-state index is 0.398. The molecule has 0 amide bonds. The summed E-state index contributed by atoms with van der Waals surface area (Å²) in [6, 6.07) is 2.58. The Kier molecular flexibility index (Phi) is 5.86. The van der Waals surface area contributed by atoms with Crippen LogP contribution >= 0.6 is 0 Å². The number of benzene rings is 1. The first-order valence-corrected chi connectivity index (χ1v) is 6.14. The summed E-state index contributed by atoms with van der Waals surface area (Å²) in [5.74, 6) is -1.93. The molecule has 0 aliphatic heterocycles. The molecule has 0 fully saturated rings. The molecule has 0 unspecified atom stereocenters. The van der Waals surface area contributed by atoms with E-state index in [1.807, 2.05) is 0 Å². The van der Waals surface area contributed by atoms with Gasteiger partial charge in [-0.15, -0.1) is 0 Å². The summed E-state index contributed by atoms with van der Waals surface area (Å²) in [6.07, 6.45) is -10.9. The van der Waals surface area contributed by atoms with E-state index in [9.17, 15) is 36.2 Å². The van der Waals surface area contributed by atoms with Gasteiger partial charge in [-0.05, 0) is 25.1 Å². The quantitative estimate of drug-likeness (QED) is 0.635. The molecule has 1 rings (SSSR count). The van der Waals surface area contributed by atoms with Crippen molar-refractivity contribution in [2.45, 2.75) is 25.4 Å². The van der Waals surface area contributed by atoms with Crippen LogP contribution in [-0.4, -0.2) is 42.6 Å². The molecule has 0 aliphatic rings. The molecule has 0 heterocycles. The summed E-state index contributed by atoms with van der Waals surface area (Å²) < 4.78 is 81.5. The van der Waals surface area contributed by atoms with Gasteiger partial charge >= 0.3 is 12.4 Å².